The molecule has 4 nitrogen and oxygen atoms in total. The normalized spacial score (nSPS) is 11.7. The summed E-state index contributed by atoms with van der Waals surface area (Å²) >= 11 is 6.02. The number of nitrogens with zero attached hydrogens (tertiary/aromatic N) is 1. The van der Waals surface area contributed by atoms with Crippen molar-refractivity contribution in [1.29, 1.82) is 0 Å². The predicted molar refractivity (Wildman–Crippen MR) is 91.2 cm³/mol. The summed E-state index contributed by atoms with van der Waals surface area (Å²) in [5, 5.41) is 3.89. The van der Waals surface area contributed by atoms with Crippen molar-refractivity contribution in [3.05, 3.63) is 58.7 Å². The van der Waals surface area contributed by atoms with Crippen molar-refractivity contribution >= 4 is 39.8 Å². The molecule has 0 spiro atoms. The molecule has 0 saturated heterocycles. The number of alkyl halides is 3. The molecule has 1 amide bonds. The summed E-state index contributed by atoms with van der Waals surface area (Å²) in [5.41, 5.74) is 5.98. The van der Waals surface area contributed by atoms with Gasteiger partial charge >= 0.3 is 6.18 Å². The number of carbonyl (C=O) groups is 1. The predicted octanol–water partition coefficient (Wildman–Crippen LogP) is 4.69. The van der Waals surface area contributed by atoms with Gasteiger partial charge in [0.1, 0.15) is 5.69 Å². The average Bonchev–Trinajstić information content (AvgIpc) is 2.79. The van der Waals surface area contributed by atoms with Crippen LogP contribution in [0, 0.1) is 0 Å². The largest absolute Gasteiger partial charge is 0.416 e. The Morgan fingerprint density at radius 1 is 1.20 bits per heavy atom. The molecule has 2 aromatic carbocycles. The van der Waals surface area contributed by atoms with Crippen LogP contribution < -0.4 is 11.1 Å². The standard InChI is InChI=1S/C17H13ClF3N3O/c1-24-13-6-5-10(18)8-12(13)14(15(24)16(22)25)23-11-4-2-3-9(7-11)17(19,20)21/h2-8,23H,1H3,(H2,22,25). The Morgan fingerprint density at radius 3 is 2.56 bits per heavy atom. The molecule has 0 aliphatic carbocycles. The van der Waals surface area contributed by atoms with Gasteiger partial charge in [-0.05, 0) is 36.4 Å². The number of benzene rings is 2. The van der Waals surface area contributed by atoms with E-state index in [4.69, 9.17) is 17.3 Å². The van der Waals surface area contributed by atoms with Crippen LogP contribution in [0.3, 0.4) is 0 Å². The minimum Gasteiger partial charge on any atom is -0.364 e. The third-order valence-electron chi connectivity index (χ3n) is 3.85. The summed E-state index contributed by atoms with van der Waals surface area (Å²) in [6.45, 7) is 0. The topological polar surface area (TPSA) is 60.0 Å². The minimum atomic E-state index is -4.47. The lowest BCUT2D eigenvalue weighted by Crippen LogP contribution is -2.16. The van der Waals surface area contributed by atoms with Gasteiger partial charge in [-0.3, -0.25) is 4.79 Å². The fourth-order valence-electron chi connectivity index (χ4n) is 2.75. The fraction of sp³-hybridized carbons (Fsp3) is 0.118. The Hall–Kier alpha value is -2.67. The smallest absolute Gasteiger partial charge is 0.364 e. The van der Waals surface area contributed by atoms with Gasteiger partial charge in [-0.1, -0.05) is 17.7 Å². The van der Waals surface area contributed by atoms with E-state index in [2.05, 4.69) is 5.32 Å². The second kappa shape index (κ2) is 6.00. The zero-order chi connectivity index (χ0) is 18.4. The van der Waals surface area contributed by atoms with E-state index < -0.39 is 17.6 Å². The van der Waals surface area contributed by atoms with Crippen molar-refractivity contribution in [2.75, 3.05) is 5.32 Å². The van der Waals surface area contributed by atoms with Crippen LogP contribution in [0.5, 0.6) is 0 Å². The fourth-order valence-corrected chi connectivity index (χ4v) is 2.92. The number of nitrogens with one attached hydrogen (secondary N) is 1. The monoisotopic (exact) mass is 367 g/mol. The van der Waals surface area contributed by atoms with E-state index in [1.807, 2.05) is 0 Å². The first-order chi connectivity index (χ1) is 11.7. The second-order valence-electron chi connectivity index (χ2n) is 5.51. The van der Waals surface area contributed by atoms with Crippen LogP contribution in [-0.4, -0.2) is 10.5 Å². The van der Waals surface area contributed by atoms with Crippen LogP contribution in [0.2, 0.25) is 5.02 Å². The second-order valence-corrected chi connectivity index (χ2v) is 5.95. The van der Waals surface area contributed by atoms with Gasteiger partial charge in [-0.15, -0.1) is 0 Å². The van der Waals surface area contributed by atoms with Gasteiger partial charge in [-0.25, -0.2) is 0 Å². The number of carbonyl (C=O) groups excluding carboxylic acids is 1. The number of anilines is 2. The van der Waals surface area contributed by atoms with E-state index in [-0.39, 0.29) is 11.4 Å². The number of amides is 1. The SMILES string of the molecule is Cn1c(C(N)=O)c(Nc2cccc(C(F)(F)F)c2)c2cc(Cl)ccc21. The van der Waals surface area contributed by atoms with E-state index in [0.29, 0.717) is 21.6 Å². The molecular formula is C17H13ClF3N3O. The van der Waals surface area contributed by atoms with Crippen molar-refractivity contribution in [1.82, 2.24) is 4.57 Å². The van der Waals surface area contributed by atoms with Gasteiger partial charge in [0.15, 0.2) is 0 Å². The van der Waals surface area contributed by atoms with Crippen molar-refractivity contribution in [3.63, 3.8) is 0 Å². The van der Waals surface area contributed by atoms with E-state index in [0.717, 1.165) is 12.1 Å². The molecule has 1 aromatic heterocycles. The first-order valence-corrected chi connectivity index (χ1v) is 7.58. The summed E-state index contributed by atoms with van der Waals surface area (Å²) in [4.78, 5) is 11.9. The summed E-state index contributed by atoms with van der Waals surface area (Å²) in [7, 11) is 1.65. The van der Waals surface area contributed by atoms with Gasteiger partial charge in [0.2, 0.25) is 0 Å². The number of aryl methyl sites for hydroxylation is 1. The Labute approximate surface area is 146 Å². The highest BCUT2D eigenvalue weighted by molar-refractivity contribution is 6.31. The molecule has 0 aliphatic rings. The van der Waals surface area contributed by atoms with Gasteiger partial charge in [-0.2, -0.15) is 13.2 Å². The van der Waals surface area contributed by atoms with Crippen molar-refractivity contribution < 1.29 is 18.0 Å². The Kier molecular flexibility index (Phi) is 4.12. The maximum atomic E-state index is 12.9. The zero-order valence-electron chi connectivity index (χ0n) is 13.0. The number of nitrogens with two attached hydrogens (primary N) is 1. The van der Waals surface area contributed by atoms with E-state index >= 15 is 0 Å². The molecule has 3 aromatic rings. The lowest BCUT2D eigenvalue weighted by molar-refractivity contribution is -0.137. The van der Waals surface area contributed by atoms with E-state index in [1.165, 1.54) is 12.1 Å². The van der Waals surface area contributed by atoms with Gasteiger partial charge in [0.05, 0.1) is 16.8 Å². The molecule has 0 atom stereocenters. The molecule has 8 heteroatoms. The molecule has 25 heavy (non-hydrogen) atoms. The Morgan fingerprint density at radius 2 is 1.92 bits per heavy atom. The van der Waals surface area contributed by atoms with Gasteiger partial charge in [0, 0.05) is 23.1 Å². The number of primary amides is 1. The number of hydrogen-bond donors (Lipinski definition) is 2. The lowest BCUT2D eigenvalue weighted by atomic mass is 10.1. The van der Waals surface area contributed by atoms with Crippen LogP contribution in [0.25, 0.3) is 10.9 Å². The molecule has 0 unspecified atom stereocenters. The molecule has 0 saturated carbocycles. The molecule has 1 heterocycles. The number of rotatable bonds is 3. The number of fused-ring (bicyclic) bond motifs is 1. The molecule has 0 bridgehead atoms. The lowest BCUT2D eigenvalue weighted by Gasteiger charge is -2.11. The number of hydrogen-bond acceptors (Lipinski definition) is 2. The Bertz CT molecular complexity index is 979. The minimum absolute atomic E-state index is 0.148. The Balaban J connectivity index is 2.17. The van der Waals surface area contributed by atoms with Crippen molar-refractivity contribution in [2.45, 2.75) is 6.18 Å². The molecule has 130 valence electrons. The maximum absolute atomic E-state index is 12.9. The maximum Gasteiger partial charge on any atom is 0.416 e. The van der Waals surface area contributed by atoms with Crippen LogP contribution in [-0.2, 0) is 13.2 Å². The van der Waals surface area contributed by atoms with Crippen molar-refractivity contribution in [3.8, 4) is 0 Å². The third kappa shape index (κ3) is 3.15. The number of aromatic nitrogens is 1. The van der Waals surface area contributed by atoms with Crippen LogP contribution >= 0.6 is 11.6 Å². The van der Waals surface area contributed by atoms with E-state index in [1.54, 1.807) is 29.8 Å². The van der Waals surface area contributed by atoms with Gasteiger partial charge < -0.3 is 15.6 Å². The summed E-state index contributed by atoms with van der Waals surface area (Å²) in [6, 6.07) is 9.69. The number of halogens is 4. The van der Waals surface area contributed by atoms with Crippen molar-refractivity contribution in [2.24, 2.45) is 12.8 Å². The molecule has 3 rings (SSSR count). The summed E-state index contributed by atoms with van der Waals surface area (Å²) in [6.07, 6.45) is -4.47. The molecular weight excluding hydrogens is 355 g/mol. The van der Waals surface area contributed by atoms with E-state index in [9.17, 15) is 18.0 Å². The highest BCUT2D eigenvalue weighted by Gasteiger charge is 2.30. The molecule has 0 aliphatic heterocycles. The molecule has 0 fully saturated rings. The highest BCUT2D eigenvalue weighted by Crippen LogP contribution is 2.36. The quantitative estimate of drug-likeness (QED) is 0.705. The molecule has 0 radical (unpaired) electrons. The first kappa shape index (κ1) is 17.2. The van der Waals surface area contributed by atoms with Crippen LogP contribution in [0.15, 0.2) is 42.5 Å². The van der Waals surface area contributed by atoms with Crippen LogP contribution in [0.1, 0.15) is 16.1 Å². The third-order valence-corrected chi connectivity index (χ3v) is 4.09. The van der Waals surface area contributed by atoms with Crippen LogP contribution in [0.4, 0.5) is 24.5 Å². The first-order valence-electron chi connectivity index (χ1n) is 7.20. The molecule has 3 N–H and O–H groups in total. The average molecular weight is 368 g/mol. The highest BCUT2D eigenvalue weighted by atomic mass is 35.5. The summed E-state index contributed by atoms with van der Waals surface area (Å²) < 4.78 is 40.3. The van der Waals surface area contributed by atoms with Gasteiger partial charge in [0.25, 0.3) is 5.91 Å². The zero-order valence-corrected chi connectivity index (χ0v) is 13.7. The summed E-state index contributed by atoms with van der Waals surface area (Å²) in [5.74, 6) is -0.704.